The lowest BCUT2D eigenvalue weighted by molar-refractivity contribution is 0.354. The first-order valence-corrected chi connectivity index (χ1v) is 8.50. The highest BCUT2D eigenvalue weighted by molar-refractivity contribution is 7.89. The predicted octanol–water partition coefficient (Wildman–Crippen LogP) is 2.50. The quantitative estimate of drug-likeness (QED) is 0.827. The summed E-state index contributed by atoms with van der Waals surface area (Å²) in [6.07, 6.45) is 0.372. The van der Waals surface area contributed by atoms with Crippen molar-refractivity contribution in [3.05, 3.63) is 53.6 Å². The summed E-state index contributed by atoms with van der Waals surface area (Å²) in [6, 6.07) is 7.36. The summed E-state index contributed by atoms with van der Waals surface area (Å²) >= 11 is 0. The van der Waals surface area contributed by atoms with Crippen molar-refractivity contribution in [3.63, 3.8) is 0 Å². The first-order valence-electron chi connectivity index (χ1n) is 7.02. The summed E-state index contributed by atoms with van der Waals surface area (Å²) in [5.74, 6) is -0.798. The monoisotopic (exact) mass is 357 g/mol. The highest BCUT2D eigenvalue weighted by Crippen LogP contribution is 2.27. The molecule has 0 spiro atoms. The van der Waals surface area contributed by atoms with Gasteiger partial charge in [-0.3, -0.25) is 0 Å². The van der Waals surface area contributed by atoms with E-state index in [1.807, 2.05) is 0 Å². The smallest absolute Gasteiger partial charge is 0.240 e. The van der Waals surface area contributed by atoms with Crippen LogP contribution in [0.2, 0.25) is 0 Å². The molecule has 0 heterocycles. The Bertz CT molecular complexity index is 805. The van der Waals surface area contributed by atoms with Crippen molar-refractivity contribution in [2.75, 3.05) is 20.8 Å². The van der Waals surface area contributed by atoms with Gasteiger partial charge in [-0.25, -0.2) is 21.9 Å². The molecule has 2 rings (SSSR count). The van der Waals surface area contributed by atoms with E-state index in [-0.39, 0.29) is 6.54 Å². The molecule has 0 aliphatic carbocycles. The maximum absolute atomic E-state index is 13.1. The molecule has 2 aromatic rings. The number of halogens is 2. The Balaban J connectivity index is 2.05. The van der Waals surface area contributed by atoms with E-state index in [1.54, 1.807) is 18.2 Å². The summed E-state index contributed by atoms with van der Waals surface area (Å²) in [4.78, 5) is -0.452. The van der Waals surface area contributed by atoms with Crippen molar-refractivity contribution >= 4 is 10.0 Å². The fourth-order valence-electron chi connectivity index (χ4n) is 2.13. The Morgan fingerprint density at radius 1 is 0.958 bits per heavy atom. The minimum atomic E-state index is -3.99. The molecule has 0 aromatic heterocycles. The average molecular weight is 357 g/mol. The molecule has 0 unspecified atom stereocenters. The third kappa shape index (κ3) is 4.42. The van der Waals surface area contributed by atoms with E-state index in [9.17, 15) is 17.2 Å². The number of nitrogens with one attached hydrogen (secondary N) is 1. The van der Waals surface area contributed by atoms with Gasteiger partial charge in [0.1, 0.15) is 11.6 Å². The van der Waals surface area contributed by atoms with Gasteiger partial charge in [-0.15, -0.1) is 0 Å². The van der Waals surface area contributed by atoms with Crippen LogP contribution in [-0.2, 0) is 16.4 Å². The molecule has 0 amide bonds. The lowest BCUT2D eigenvalue weighted by Crippen LogP contribution is -2.26. The summed E-state index contributed by atoms with van der Waals surface area (Å²) in [7, 11) is -0.969. The van der Waals surface area contributed by atoms with Crippen molar-refractivity contribution in [2.24, 2.45) is 0 Å². The van der Waals surface area contributed by atoms with Crippen LogP contribution in [0.1, 0.15) is 5.56 Å². The fraction of sp³-hybridized carbons (Fsp3) is 0.250. The van der Waals surface area contributed by atoms with E-state index in [0.29, 0.717) is 24.0 Å². The van der Waals surface area contributed by atoms with Gasteiger partial charge in [0.15, 0.2) is 11.5 Å². The van der Waals surface area contributed by atoms with Crippen molar-refractivity contribution in [1.29, 1.82) is 0 Å². The number of ether oxygens (including phenoxy) is 2. The molecule has 5 nitrogen and oxygen atoms in total. The highest BCUT2D eigenvalue weighted by atomic mass is 32.2. The molecule has 24 heavy (non-hydrogen) atoms. The van der Waals surface area contributed by atoms with E-state index in [1.165, 1.54) is 14.2 Å². The van der Waals surface area contributed by atoms with Gasteiger partial charge in [-0.05, 0) is 36.2 Å². The maximum atomic E-state index is 13.1. The van der Waals surface area contributed by atoms with Crippen molar-refractivity contribution in [3.8, 4) is 11.5 Å². The van der Waals surface area contributed by atoms with Gasteiger partial charge in [0.25, 0.3) is 0 Å². The first-order chi connectivity index (χ1) is 11.4. The van der Waals surface area contributed by atoms with Gasteiger partial charge in [0.2, 0.25) is 10.0 Å². The Kier molecular flexibility index (Phi) is 5.74. The van der Waals surface area contributed by atoms with Gasteiger partial charge in [-0.2, -0.15) is 0 Å². The second kappa shape index (κ2) is 7.59. The molecular weight excluding hydrogens is 340 g/mol. The number of hydrogen-bond donors (Lipinski definition) is 1. The summed E-state index contributed by atoms with van der Waals surface area (Å²) in [5.41, 5.74) is 0.820. The number of benzene rings is 2. The van der Waals surface area contributed by atoms with E-state index in [2.05, 4.69) is 4.72 Å². The van der Waals surface area contributed by atoms with Crippen molar-refractivity contribution in [1.82, 2.24) is 4.72 Å². The van der Waals surface area contributed by atoms with Crippen molar-refractivity contribution in [2.45, 2.75) is 11.3 Å². The number of rotatable bonds is 7. The van der Waals surface area contributed by atoms with Crippen molar-refractivity contribution < 1.29 is 26.7 Å². The normalized spacial score (nSPS) is 11.3. The van der Waals surface area contributed by atoms with E-state index in [0.717, 1.165) is 17.7 Å². The lowest BCUT2D eigenvalue weighted by atomic mass is 10.1. The molecular formula is C16H17F2NO4S. The molecule has 0 fully saturated rings. The number of methoxy groups -OCH3 is 2. The van der Waals surface area contributed by atoms with Gasteiger partial charge in [0, 0.05) is 12.6 Å². The minimum Gasteiger partial charge on any atom is -0.493 e. The topological polar surface area (TPSA) is 64.6 Å². The van der Waals surface area contributed by atoms with Crippen LogP contribution in [0.5, 0.6) is 11.5 Å². The van der Waals surface area contributed by atoms with Crippen LogP contribution in [0, 0.1) is 11.6 Å². The van der Waals surface area contributed by atoms with Gasteiger partial charge in [-0.1, -0.05) is 6.07 Å². The number of sulfonamides is 1. The molecule has 0 bridgehead atoms. The molecule has 0 saturated carbocycles. The predicted molar refractivity (Wildman–Crippen MR) is 84.8 cm³/mol. The second-order valence-electron chi connectivity index (χ2n) is 4.94. The second-order valence-corrected chi connectivity index (χ2v) is 6.71. The SMILES string of the molecule is COc1ccc(CCNS(=O)(=O)c2cc(F)cc(F)c2)cc1OC. The fourth-order valence-corrected chi connectivity index (χ4v) is 3.21. The molecule has 8 heteroatoms. The zero-order valence-corrected chi connectivity index (χ0v) is 14.0. The molecule has 1 N–H and O–H groups in total. The first kappa shape index (κ1) is 18.2. The van der Waals surface area contributed by atoms with Crippen LogP contribution in [0.3, 0.4) is 0 Å². The number of hydrogen-bond acceptors (Lipinski definition) is 4. The van der Waals surface area contributed by atoms with Crippen LogP contribution in [0.15, 0.2) is 41.3 Å². The summed E-state index contributed by atoms with van der Waals surface area (Å²) in [6.45, 7) is 0.0654. The van der Waals surface area contributed by atoms with Gasteiger partial charge >= 0.3 is 0 Å². The van der Waals surface area contributed by atoms with Gasteiger partial charge in [0.05, 0.1) is 19.1 Å². The zero-order valence-electron chi connectivity index (χ0n) is 13.2. The third-order valence-corrected chi connectivity index (χ3v) is 4.74. The Morgan fingerprint density at radius 2 is 1.58 bits per heavy atom. The lowest BCUT2D eigenvalue weighted by Gasteiger charge is -2.10. The molecule has 0 atom stereocenters. The molecule has 130 valence electrons. The van der Waals surface area contributed by atoms with Crippen LogP contribution in [0.25, 0.3) is 0 Å². The van der Waals surface area contributed by atoms with Crippen LogP contribution in [-0.4, -0.2) is 29.2 Å². The van der Waals surface area contributed by atoms with Gasteiger partial charge < -0.3 is 9.47 Å². The van der Waals surface area contributed by atoms with Crippen LogP contribution in [0.4, 0.5) is 8.78 Å². The Morgan fingerprint density at radius 3 is 2.17 bits per heavy atom. The summed E-state index contributed by atoms with van der Waals surface area (Å²) < 4.78 is 63.0. The van der Waals surface area contributed by atoms with Crippen LogP contribution < -0.4 is 14.2 Å². The molecule has 0 radical (unpaired) electrons. The minimum absolute atomic E-state index is 0.0654. The third-order valence-electron chi connectivity index (χ3n) is 3.30. The molecule has 0 aliphatic heterocycles. The summed E-state index contributed by atoms with van der Waals surface area (Å²) in [5, 5.41) is 0. The maximum Gasteiger partial charge on any atom is 0.240 e. The highest BCUT2D eigenvalue weighted by Gasteiger charge is 2.16. The van der Waals surface area contributed by atoms with Crippen LogP contribution >= 0.6 is 0 Å². The van der Waals surface area contributed by atoms with E-state index < -0.39 is 26.6 Å². The molecule has 0 saturated heterocycles. The average Bonchev–Trinajstić information content (AvgIpc) is 2.53. The molecule has 0 aliphatic rings. The molecule has 2 aromatic carbocycles. The Labute approximate surface area is 139 Å². The van der Waals surface area contributed by atoms with E-state index in [4.69, 9.17) is 9.47 Å². The largest absolute Gasteiger partial charge is 0.493 e. The Hall–Kier alpha value is -2.19. The zero-order chi connectivity index (χ0) is 17.7. The van der Waals surface area contributed by atoms with E-state index >= 15 is 0 Å². The standard InChI is InChI=1S/C16H17F2NO4S/c1-22-15-4-3-11(7-16(15)23-2)5-6-19-24(20,21)14-9-12(17)8-13(18)10-14/h3-4,7-10,19H,5-6H2,1-2H3.